The molecule has 0 heterocycles. The molecule has 0 radical (unpaired) electrons. The monoisotopic (exact) mass is 142 g/mol. The first-order valence-electron chi connectivity index (χ1n) is 4.45. The Morgan fingerprint density at radius 2 is 2.20 bits per heavy atom. The highest BCUT2D eigenvalue weighted by Gasteiger charge is 2.21. The van der Waals surface area contributed by atoms with Crippen molar-refractivity contribution in [3.63, 3.8) is 0 Å². The van der Waals surface area contributed by atoms with Gasteiger partial charge in [-0.2, -0.15) is 0 Å². The van der Waals surface area contributed by atoms with E-state index in [-0.39, 0.29) is 0 Å². The summed E-state index contributed by atoms with van der Waals surface area (Å²) < 4.78 is 0. The standard InChI is InChI=1S/C9H18O/c1-8-4-2-5-9(8)6-3-7-10/h8-10H,2-7H2,1H3/t8?,9-/m1/s1. The summed E-state index contributed by atoms with van der Waals surface area (Å²) in [4.78, 5) is 0. The van der Waals surface area contributed by atoms with E-state index in [9.17, 15) is 0 Å². The summed E-state index contributed by atoms with van der Waals surface area (Å²) in [6.45, 7) is 2.72. The lowest BCUT2D eigenvalue weighted by Crippen LogP contribution is -2.04. The molecule has 1 nitrogen and oxygen atoms in total. The van der Waals surface area contributed by atoms with E-state index >= 15 is 0 Å². The highest BCUT2D eigenvalue weighted by molar-refractivity contribution is 4.73. The van der Waals surface area contributed by atoms with Crippen molar-refractivity contribution in [3.05, 3.63) is 0 Å². The lowest BCUT2D eigenvalue weighted by atomic mass is 9.93. The van der Waals surface area contributed by atoms with Crippen LogP contribution in [0.4, 0.5) is 0 Å². The van der Waals surface area contributed by atoms with Crippen LogP contribution in [0.2, 0.25) is 0 Å². The van der Waals surface area contributed by atoms with Crippen LogP contribution in [-0.2, 0) is 0 Å². The van der Waals surface area contributed by atoms with Gasteiger partial charge in [-0.05, 0) is 24.7 Å². The van der Waals surface area contributed by atoms with Crippen LogP contribution >= 0.6 is 0 Å². The van der Waals surface area contributed by atoms with E-state index in [2.05, 4.69) is 6.92 Å². The van der Waals surface area contributed by atoms with E-state index in [1.807, 2.05) is 0 Å². The number of hydrogen-bond acceptors (Lipinski definition) is 1. The summed E-state index contributed by atoms with van der Waals surface area (Å²) in [6, 6.07) is 0. The first-order chi connectivity index (χ1) is 4.84. The van der Waals surface area contributed by atoms with Crippen molar-refractivity contribution in [2.45, 2.75) is 39.0 Å². The molecule has 0 aromatic carbocycles. The topological polar surface area (TPSA) is 20.2 Å². The summed E-state index contributed by atoms with van der Waals surface area (Å²) in [5.41, 5.74) is 0. The Morgan fingerprint density at radius 1 is 1.40 bits per heavy atom. The molecule has 2 atom stereocenters. The van der Waals surface area contributed by atoms with E-state index in [4.69, 9.17) is 5.11 Å². The van der Waals surface area contributed by atoms with Crippen molar-refractivity contribution in [1.82, 2.24) is 0 Å². The molecule has 0 aromatic rings. The summed E-state index contributed by atoms with van der Waals surface area (Å²) in [5.74, 6) is 1.85. The maximum absolute atomic E-state index is 8.61. The van der Waals surface area contributed by atoms with Gasteiger partial charge in [0.1, 0.15) is 0 Å². The SMILES string of the molecule is CC1CCC[C@@H]1CCCO. The number of aliphatic hydroxyl groups is 1. The van der Waals surface area contributed by atoms with Crippen molar-refractivity contribution in [3.8, 4) is 0 Å². The fourth-order valence-electron chi connectivity index (χ4n) is 2.00. The zero-order valence-electron chi connectivity index (χ0n) is 6.84. The highest BCUT2D eigenvalue weighted by Crippen LogP contribution is 2.33. The van der Waals surface area contributed by atoms with E-state index < -0.39 is 0 Å². The summed E-state index contributed by atoms with van der Waals surface area (Å²) in [6.07, 6.45) is 6.49. The second kappa shape index (κ2) is 3.97. The first kappa shape index (κ1) is 8.06. The fraction of sp³-hybridized carbons (Fsp3) is 1.00. The van der Waals surface area contributed by atoms with Gasteiger partial charge in [-0.3, -0.25) is 0 Å². The molecule has 1 N–H and O–H groups in total. The third-order valence-corrected chi connectivity index (χ3v) is 2.77. The van der Waals surface area contributed by atoms with E-state index in [1.54, 1.807) is 0 Å². The lowest BCUT2D eigenvalue weighted by molar-refractivity contribution is 0.261. The van der Waals surface area contributed by atoms with Crippen LogP contribution in [0, 0.1) is 11.8 Å². The van der Waals surface area contributed by atoms with Gasteiger partial charge in [-0.15, -0.1) is 0 Å². The second-order valence-electron chi connectivity index (χ2n) is 3.53. The zero-order valence-corrected chi connectivity index (χ0v) is 6.84. The average molecular weight is 142 g/mol. The molecule has 1 saturated carbocycles. The molecule has 0 amide bonds. The number of rotatable bonds is 3. The van der Waals surface area contributed by atoms with Gasteiger partial charge in [0, 0.05) is 6.61 Å². The Labute approximate surface area is 63.4 Å². The maximum Gasteiger partial charge on any atom is 0.0431 e. The largest absolute Gasteiger partial charge is 0.396 e. The zero-order chi connectivity index (χ0) is 7.40. The van der Waals surface area contributed by atoms with Crippen LogP contribution in [0.5, 0.6) is 0 Å². The highest BCUT2D eigenvalue weighted by atomic mass is 16.2. The molecule has 1 heteroatoms. The first-order valence-corrected chi connectivity index (χ1v) is 4.45. The molecule has 10 heavy (non-hydrogen) atoms. The van der Waals surface area contributed by atoms with Crippen LogP contribution in [0.1, 0.15) is 39.0 Å². The molecular weight excluding hydrogens is 124 g/mol. The lowest BCUT2D eigenvalue weighted by Gasteiger charge is -2.13. The van der Waals surface area contributed by atoms with Gasteiger partial charge in [-0.25, -0.2) is 0 Å². The Morgan fingerprint density at radius 3 is 2.70 bits per heavy atom. The predicted molar refractivity (Wildman–Crippen MR) is 42.8 cm³/mol. The fourth-order valence-corrected chi connectivity index (χ4v) is 2.00. The van der Waals surface area contributed by atoms with Crippen molar-refractivity contribution in [2.75, 3.05) is 6.61 Å². The molecule has 1 aliphatic carbocycles. The van der Waals surface area contributed by atoms with Crippen molar-refractivity contribution in [1.29, 1.82) is 0 Å². The van der Waals surface area contributed by atoms with Gasteiger partial charge in [0.05, 0.1) is 0 Å². The van der Waals surface area contributed by atoms with E-state index in [0.29, 0.717) is 6.61 Å². The minimum atomic E-state index is 0.378. The molecule has 0 aromatic heterocycles. The maximum atomic E-state index is 8.61. The minimum absolute atomic E-state index is 0.378. The molecular formula is C9H18O. The van der Waals surface area contributed by atoms with Gasteiger partial charge in [0.25, 0.3) is 0 Å². The van der Waals surface area contributed by atoms with Crippen molar-refractivity contribution < 1.29 is 5.11 Å². The quantitative estimate of drug-likeness (QED) is 0.640. The predicted octanol–water partition coefficient (Wildman–Crippen LogP) is 2.20. The number of aliphatic hydroxyl groups excluding tert-OH is 1. The molecule has 0 spiro atoms. The molecule has 1 fully saturated rings. The number of hydrogen-bond donors (Lipinski definition) is 1. The van der Waals surface area contributed by atoms with Gasteiger partial charge in [0.2, 0.25) is 0 Å². The van der Waals surface area contributed by atoms with Crippen LogP contribution in [-0.4, -0.2) is 11.7 Å². The van der Waals surface area contributed by atoms with E-state index in [0.717, 1.165) is 18.3 Å². The Balaban J connectivity index is 2.14. The van der Waals surface area contributed by atoms with Gasteiger partial charge >= 0.3 is 0 Å². The molecule has 1 aliphatic rings. The second-order valence-corrected chi connectivity index (χ2v) is 3.53. The van der Waals surface area contributed by atoms with Crippen LogP contribution < -0.4 is 0 Å². The van der Waals surface area contributed by atoms with Crippen LogP contribution in [0.25, 0.3) is 0 Å². The molecule has 0 bridgehead atoms. The van der Waals surface area contributed by atoms with Crippen LogP contribution in [0.15, 0.2) is 0 Å². The Hall–Kier alpha value is -0.0400. The molecule has 1 unspecified atom stereocenters. The van der Waals surface area contributed by atoms with Crippen molar-refractivity contribution in [2.24, 2.45) is 11.8 Å². The van der Waals surface area contributed by atoms with Gasteiger partial charge in [0.15, 0.2) is 0 Å². The third kappa shape index (κ3) is 1.98. The Kier molecular flexibility index (Phi) is 3.20. The molecule has 0 saturated heterocycles. The van der Waals surface area contributed by atoms with Crippen LogP contribution in [0.3, 0.4) is 0 Å². The normalized spacial score (nSPS) is 33.0. The molecule has 0 aliphatic heterocycles. The van der Waals surface area contributed by atoms with Gasteiger partial charge in [-0.1, -0.05) is 26.2 Å². The third-order valence-electron chi connectivity index (χ3n) is 2.77. The summed E-state index contributed by atoms with van der Waals surface area (Å²) in [7, 11) is 0. The summed E-state index contributed by atoms with van der Waals surface area (Å²) in [5, 5.41) is 8.61. The summed E-state index contributed by atoms with van der Waals surface area (Å²) >= 11 is 0. The average Bonchev–Trinajstić information content (AvgIpc) is 2.31. The van der Waals surface area contributed by atoms with Gasteiger partial charge < -0.3 is 5.11 Å². The van der Waals surface area contributed by atoms with Crippen molar-refractivity contribution >= 4 is 0 Å². The molecule has 1 rings (SSSR count). The van der Waals surface area contributed by atoms with E-state index in [1.165, 1.54) is 25.7 Å². The smallest absolute Gasteiger partial charge is 0.0431 e. The molecule has 60 valence electrons. The Bertz CT molecular complexity index is 90.7. The minimum Gasteiger partial charge on any atom is -0.396 e.